The molecule has 13 heavy (non-hydrogen) atoms. The summed E-state index contributed by atoms with van der Waals surface area (Å²) in [6.07, 6.45) is 0.546. The van der Waals surface area contributed by atoms with Gasteiger partial charge in [-0.15, -0.1) is 0 Å². The number of aliphatic carboxylic acids is 1. The van der Waals surface area contributed by atoms with Crippen molar-refractivity contribution in [2.24, 2.45) is 0 Å². The van der Waals surface area contributed by atoms with Gasteiger partial charge in [-0.3, -0.25) is 4.79 Å². The average molecular weight is 190 g/mol. The zero-order valence-corrected chi connectivity index (χ0v) is 7.31. The quantitative estimate of drug-likeness (QED) is 0.637. The van der Waals surface area contributed by atoms with Crippen molar-refractivity contribution in [3.63, 3.8) is 0 Å². The van der Waals surface area contributed by atoms with Gasteiger partial charge in [0.25, 0.3) is 0 Å². The number of aliphatic hydroxyl groups is 1. The molecule has 0 spiro atoms. The summed E-state index contributed by atoms with van der Waals surface area (Å²) in [4.78, 5) is 10.3. The molecule has 1 saturated heterocycles. The Bertz CT molecular complexity index is 170. The topological polar surface area (TPSA) is 76.0 Å². The number of hydrogen-bond acceptors (Lipinski definition) is 4. The van der Waals surface area contributed by atoms with Gasteiger partial charge >= 0.3 is 5.97 Å². The summed E-state index contributed by atoms with van der Waals surface area (Å²) in [5.74, 6) is -0.878. The van der Waals surface area contributed by atoms with Crippen molar-refractivity contribution in [2.45, 2.75) is 31.7 Å². The summed E-state index contributed by atoms with van der Waals surface area (Å²) >= 11 is 0. The lowest BCUT2D eigenvalue weighted by Gasteiger charge is -2.08. The second-order valence-electron chi connectivity index (χ2n) is 2.98. The van der Waals surface area contributed by atoms with Crippen LogP contribution in [0, 0.1) is 0 Å². The van der Waals surface area contributed by atoms with Crippen LogP contribution in [0.5, 0.6) is 0 Å². The molecule has 0 bridgehead atoms. The van der Waals surface area contributed by atoms with Crippen molar-refractivity contribution in [3.05, 3.63) is 0 Å². The van der Waals surface area contributed by atoms with E-state index in [0.29, 0.717) is 19.4 Å². The Morgan fingerprint density at radius 1 is 1.54 bits per heavy atom. The van der Waals surface area contributed by atoms with Crippen molar-refractivity contribution in [1.29, 1.82) is 0 Å². The third-order valence-corrected chi connectivity index (χ3v) is 1.81. The Morgan fingerprint density at radius 3 is 2.92 bits per heavy atom. The van der Waals surface area contributed by atoms with Crippen LogP contribution in [0.4, 0.5) is 0 Å². The molecule has 1 heterocycles. The maximum atomic E-state index is 10.3. The van der Waals surface area contributed by atoms with Gasteiger partial charge in [0.15, 0.2) is 6.29 Å². The molecular weight excluding hydrogens is 176 g/mol. The number of carboxylic acid groups (broad SMARTS) is 1. The molecule has 0 aromatic rings. The predicted octanol–water partition coefficient (Wildman–Crippen LogP) is -0.0249. The molecule has 2 atom stereocenters. The van der Waals surface area contributed by atoms with Gasteiger partial charge in [-0.2, -0.15) is 0 Å². The molecule has 0 aromatic heterocycles. The summed E-state index contributed by atoms with van der Waals surface area (Å²) < 4.78 is 10.4. The lowest BCUT2D eigenvalue weighted by molar-refractivity contribution is -0.140. The summed E-state index contributed by atoms with van der Waals surface area (Å²) in [6, 6.07) is 0. The van der Waals surface area contributed by atoms with Gasteiger partial charge < -0.3 is 19.7 Å². The van der Waals surface area contributed by atoms with Gasteiger partial charge in [0, 0.05) is 13.0 Å². The largest absolute Gasteiger partial charge is 0.481 e. The highest BCUT2D eigenvalue weighted by Gasteiger charge is 2.27. The van der Waals surface area contributed by atoms with E-state index in [2.05, 4.69) is 0 Å². The third-order valence-electron chi connectivity index (χ3n) is 1.81. The summed E-state index contributed by atoms with van der Waals surface area (Å²) in [5.41, 5.74) is 0. The van der Waals surface area contributed by atoms with Gasteiger partial charge in [0.2, 0.25) is 0 Å². The Labute approximate surface area is 76.3 Å². The minimum absolute atomic E-state index is 0.0182. The zero-order chi connectivity index (χ0) is 9.68. The van der Waals surface area contributed by atoms with Gasteiger partial charge in [0.1, 0.15) is 0 Å². The molecule has 1 aliphatic heterocycles. The fourth-order valence-corrected chi connectivity index (χ4v) is 1.22. The van der Waals surface area contributed by atoms with Gasteiger partial charge in [-0.1, -0.05) is 0 Å². The lowest BCUT2D eigenvalue weighted by atomic mass is 10.3. The van der Waals surface area contributed by atoms with E-state index in [9.17, 15) is 4.79 Å². The first-order valence-corrected chi connectivity index (χ1v) is 4.32. The summed E-state index contributed by atoms with van der Waals surface area (Å²) in [6.45, 7) is 0.440. The molecule has 0 amide bonds. The maximum absolute atomic E-state index is 10.3. The van der Waals surface area contributed by atoms with Crippen LogP contribution < -0.4 is 0 Å². The van der Waals surface area contributed by atoms with Gasteiger partial charge in [-0.05, 0) is 6.42 Å². The molecule has 76 valence electrons. The van der Waals surface area contributed by atoms with E-state index in [1.165, 1.54) is 0 Å². The molecule has 0 radical (unpaired) electrons. The lowest BCUT2D eigenvalue weighted by Crippen LogP contribution is -2.16. The van der Waals surface area contributed by atoms with Crippen molar-refractivity contribution in [1.82, 2.24) is 0 Å². The molecule has 1 fully saturated rings. The second kappa shape index (κ2) is 5.16. The van der Waals surface area contributed by atoms with E-state index >= 15 is 0 Å². The van der Waals surface area contributed by atoms with Gasteiger partial charge in [0.05, 0.1) is 19.1 Å². The van der Waals surface area contributed by atoms with Crippen LogP contribution in [0.3, 0.4) is 0 Å². The van der Waals surface area contributed by atoms with E-state index < -0.39 is 5.97 Å². The first-order valence-electron chi connectivity index (χ1n) is 4.32. The van der Waals surface area contributed by atoms with Gasteiger partial charge in [-0.25, -0.2) is 0 Å². The maximum Gasteiger partial charge on any atom is 0.306 e. The molecule has 5 nitrogen and oxygen atoms in total. The van der Waals surface area contributed by atoms with Crippen LogP contribution in [0.1, 0.15) is 19.3 Å². The second-order valence-corrected chi connectivity index (χ2v) is 2.98. The molecule has 0 saturated carbocycles. The van der Waals surface area contributed by atoms with Crippen LogP contribution in [0.25, 0.3) is 0 Å². The molecule has 1 rings (SSSR count). The first kappa shape index (κ1) is 10.4. The number of carboxylic acids is 1. The molecule has 2 unspecified atom stereocenters. The van der Waals surface area contributed by atoms with Crippen molar-refractivity contribution in [3.8, 4) is 0 Å². The number of rotatable bonds is 5. The predicted molar refractivity (Wildman–Crippen MR) is 43.2 cm³/mol. The highest BCUT2D eigenvalue weighted by Crippen LogP contribution is 2.17. The van der Waals surface area contributed by atoms with E-state index in [1.807, 2.05) is 0 Å². The molecule has 1 aliphatic rings. The van der Waals surface area contributed by atoms with Crippen molar-refractivity contribution >= 4 is 5.97 Å². The molecule has 5 heteroatoms. The van der Waals surface area contributed by atoms with Crippen LogP contribution >= 0.6 is 0 Å². The highest BCUT2D eigenvalue weighted by atomic mass is 16.7. The Kier molecular flexibility index (Phi) is 4.14. The van der Waals surface area contributed by atoms with Crippen LogP contribution in [0.2, 0.25) is 0 Å². The molecular formula is C8H14O5. The van der Waals surface area contributed by atoms with E-state index in [0.717, 1.165) is 0 Å². The van der Waals surface area contributed by atoms with Crippen LogP contribution in [0.15, 0.2) is 0 Å². The average Bonchev–Trinajstić information content (AvgIpc) is 2.48. The van der Waals surface area contributed by atoms with Crippen LogP contribution in [-0.4, -0.2) is 41.8 Å². The van der Waals surface area contributed by atoms with E-state index in [4.69, 9.17) is 19.7 Å². The monoisotopic (exact) mass is 190 g/mol. The Hall–Kier alpha value is -0.650. The molecule has 0 aliphatic carbocycles. The van der Waals surface area contributed by atoms with E-state index in [1.54, 1.807) is 0 Å². The van der Waals surface area contributed by atoms with Crippen molar-refractivity contribution in [2.75, 3.05) is 13.2 Å². The van der Waals surface area contributed by atoms with Crippen LogP contribution in [-0.2, 0) is 14.3 Å². The normalized spacial score (nSPS) is 27.8. The SMILES string of the molecule is O=C(O)CC1COC(CCCO)O1. The number of carbonyl (C=O) groups is 1. The minimum atomic E-state index is -0.878. The highest BCUT2D eigenvalue weighted by molar-refractivity contribution is 5.67. The number of hydrogen-bond donors (Lipinski definition) is 2. The Balaban J connectivity index is 2.16. The first-order chi connectivity index (χ1) is 6.22. The fraction of sp³-hybridized carbons (Fsp3) is 0.875. The standard InChI is InChI=1S/C8H14O5/c9-3-1-2-8-12-5-6(13-8)4-7(10)11/h6,8-9H,1-5H2,(H,10,11). The molecule has 0 aromatic carbocycles. The van der Waals surface area contributed by atoms with Crippen molar-refractivity contribution < 1.29 is 24.5 Å². The number of aliphatic hydroxyl groups excluding tert-OH is 1. The third kappa shape index (κ3) is 3.71. The zero-order valence-electron chi connectivity index (χ0n) is 7.31. The summed E-state index contributed by atoms with van der Waals surface area (Å²) in [5, 5.41) is 17.0. The smallest absolute Gasteiger partial charge is 0.306 e. The number of ether oxygens (including phenoxy) is 2. The fourth-order valence-electron chi connectivity index (χ4n) is 1.22. The van der Waals surface area contributed by atoms with E-state index in [-0.39, 0.29) is 25.4 Å². The minimum Gasteiger partial charge on any atom is -0.481 e. The Morgan fingerprint density at radius 2 is 2.31 bits per heavy atom. The molecule has 2 N–H and O–H groups in total. The summed E-state index contributed by atoms with van der Waals surface area (Å²) in [7, 11) is 0.